The monoisotopic (exact) mass is 312 g/mol. The second kappa shape index (κ2) is 5.43. The SMILES string of the molecule is COc1cc(OC)c2c(c1)C(=O)c1cc(C)c(OC)cc1C2=O. The number of ether oxygens (including phenoxy) is 3. The normalized spacial score (nSPS) is 12.5. The molecule has 0 fully saturated rings. The van der Waals surface area contributed by atoms with Gasteiger partial charge in [0.15, 0.2) is 11.6 Å². The van der Waals surface area contributed by atoms with Crippen LogP contribution in [0, 0.1) is 6.92 Å². The molecule has 2 aromatic rings. The Balaban J connectivity index is 2.30. The molecule has 3 rings (SSSR count). The van der Waals surface area contributed by atoms with Crippen LogP contribution in [0.4, 0.5) is 0 Å². The van der Waals surface area contributed by atoms with Crippen LogP contribution in [0.25, 0.3) is 0 Å². The summed E-state index contributed by atoms with van der Waals surface area (Å²) in [6.45, 7) is 1.83. The molecule has 118 valence electrons. The summed E-state index contributed by atoms with van der Waals surface area (Å²) >= 11 is 0. The van der Waals surface area contributed by atoms with Gasteiger partial charge in [0, 0.05) is 22.8 Å². The Labute approximate surface area is 133 Å². The molecule has 1 aliphatic rings. The molecule has 0 aromatic heterocycles. The van der Waals surface area contributed by atoms with Crippen LogP contribution >= 0.6 is 0 Å². The Morgan fingerprint density at radius 2 is 1.35 bits per heavy atom. The second-order valence-electron chi connectivity index (χ2n) is 5.28. The van der Waals surface area contributed by atoms with Crippen molar-refractivity contribution in [2.45, 2.75) is 6.92 Å². The lowest BCUT2D eigenvalue weighted by atomic mass is 9.82. The quantitative estimate of drug-likeness (QED) is 0.744. The minimum Gasteiger partial charge on any atom is -0.497 e. The Hall–Kier alpha value is -2.82. The third-order valence-corrected chi connectivity index (χ3v) is 4.03. The standard InChI is InChI=1S/C18H16O5/c1-9-5-11-12(8-14(9)22-3)18(20)16-13(17(11)19)6-10(21-2)7-15(16)23-4/h5-8H,1-4H3. The first-order chi connectivity index (χ1) is 11.0. The minimum absolute atomic E-state index is 0.224. The third kappa shape index (κ3) is 2.16. The number of carbonyl (C=O) groups is 2. The molecule has 5 nitrogen and oxygen atoms in total. The number of hydrogen-bond acceptors (Lipinski definition) is 5. The van der Waals surface area contributed by atoms with E-state index in [1.807, 2.05) is 6.92 Å². The van der Waals surface area contributed by atoms with Crippen LogP contribution in [0.5, 0.6) is 17.2 Å². The van der Waals surface area contributed by atoms with E-state index in [4.69, 9.17) is 14.2 Å². The van der Waals surface area contributed by atoms with Gasteiger partial charge in [0.2, 0.25) is 0 Å². The summed E-state index contributed by atoms with van der Waals surface area (Å²) in [5.74, 6) is 0.879. The van der Waals surface area contributed by atoms with Crippen molar-refractivity contribution in [3.05, 3.63) is 52.1 Å². The first-order valence-corrected chi connectivity index (χ1v) is 7.05. The molecule has 0 unspecified atom stereocenters. The van der Waals surface area contributed by atoms with Gasteiger partial charge >= 0.3 is 0 Å². The highest BCUT2D eigenvalue weighted by molar-refractivity contribution is 6.29. The van der Waals surface area contributed by atoms with Crippen molar-refractivity contribution in [2.24, 2.45) is 0 Å². The minimum atomic E-state index is -0.257. The molecule has 2 aromatic carbocycles. The second-order valence-corrected chi connectivity index (χ2v) is 5.28. The molecular weight excluding hydrogens is 296 g/mol. The maximum Gasteiger partial charge on any atom is 0.198 e. The number of ketones is 2. The average molecular weight is 312 g/mol. The highest BCUT2D eigenvalue weighted by Gasteiger charge is 2.34. The molecule has 0 atom stereocenters. The van der Waals surface area contributed by atoms with E-state index < -0.39 is 0 Å². The number of benzene rings is 2. The Morgan fingerprint density at radius 1 is 0.696 bits per heavy atom. The molecule has 0 N–H and O–H groups in total. The highest BCUT2D eigenvalue weighted by Crippen LogP contribution is 2.38. The number of fused-ring (bicyclic) bond motifs is 2. The molecule has 23 heavy (non-hydrogen) atoms. The van der Waals surface area contributed by atoms with Crippen molar-refractivity contribution in [1.82, 2.24) is 0 Å². The maximum atomic E-state index is 12.9. The van der Waals surface area contributed by atoms with Gasteiger partial charge in [-0.05, 0) is 30.7 Å². The smallest absolute Gasteiger partial charge is 0.198 e. The summed E-state index contributed by atoms with van der Waals surface area (Å²) < 4.78 is 15.7. The molecule has 0 aliphatic heterocycles. The number of aryl methyl sites for hydroxylation is 1. The van der Waals surface area contributed by atoms with E-state index in [1.54, 1.807) is 24.3 Å². The summed E-state index contributed by atoms with van der Waals surface area (Å²) in [5, 5.41) is 0. The van der Waals surface area contributed by atoms with Gasteiger partial charge in [0.1, 0.15) is 17.2 Å². The fraction of sp³-hybridized carbons (Fsp3) is 0.222. The number of methoxy groups -OCH3 is 3. The molecule has 0 saturated carbocycles. The van der Waals surface area contributed by atoms with Gasteiger partial charge in [-0.2, -0.15) is 0 Å². The predicted molar refractivity (Wildman–Crippen MR) is 84.1 cm³/mol. The van der Waals surface area contributed by atoms with Gasteiger partial charge < -0.3 is 14.2 Å². The molecule has 0 radical (unpaired) electrons. The summed E-state index contributed by atoms with van der Waals surface area (Å²) in [4.78, 5) is 25.7. The van der Waals surface area contributed by atoms with Crippen LogP contribution in [0.3, 0.4) is 0 Å². The Morgan fingerprint density at radius 3 is 1.96 bits per heavy atom. The zero-order valence-electron chi connectivity index (χ0n) is 13.4. The molecule has 0 saturated heterocycles. The van der Waals surface area contributed by atoms with Crippen molar-refractivity contribution in [1.29, 1.82) is 0 Å². The third-order valence-electron chi connectivity index (χ3n) is 4.03. The number of rotatable bonds is 3. The van der Waals surface area contributed by atoms with Crippen molar-refractivity contribution >= 4 is 11.6 Å². The fourth-order valence-electron chi connectivity index (χ4n) is 2.85. The van der Waals surface area contributed by atoms with Crippen LogP contribution < -0.4 is 14.2 Å². The molecule has 0 amide bonds. The van der Waals surface area contributed by atoms with Gasteiger partial charge in [0.25, 0.3) is 0 Å². The zero-order chi connectivity index (χ0) is 16.7. The molecule has 0 spiro atoms. The summed E-state index contributed by atoms with van der Waals surface area (Å²) in [5.41, 5.74) is 2.05. The Kier molecular flexibility index (Phi) is 3.56. The van der Waals surface area contributed by atoms with Gasteiger partial charge in [-0.15, -0.1) is 0 Å². The average Bonchev–Trinajstić information content (AvgIpc) is 2.58. The van der Waals surface area contributed by atoms with Gasteiger partial charge in [-0.25, -0.2) is 0 Å². The van der Waals surface area contributed by atoms with E-state index in [-0.39, 0.29) is 17.1 Å². The highest BCUT2D eigenvalue weighted by atomic mass is 16.5. The topological polar surface area (TPSA) is 61.8 Å². The van der Waals surface area contributed by atoms with Gasteiger partial charge in [-0.3, -0.25) is 9.59 Å². The van der Waals surface area contributed by atoms with Gasteiger partial charge in [-0.1, -0.05) is 0 Å². The van der Waals surface area contributed by atoms with Gasteiger partial charge in [0.05, 0.1) is 26.9 Å². The lowest BCUT2D eigenvalue weighted by Crippen LogP contribution is -2.22. The van der Waals surface area contributed by atoms with Crippen LogP contribution in [-0.2, 0) is 0 Å². The van der Waals surface area contributed by atoms with Crippen molar-refractivity contribution < 1.29 is 23.8 Å². The molecule has 5 heteroatoms. The van der Waals surface area contributed by atoms with E-state index in [9.17, 15) is 9.59 Å². The summed E-state index contributed by atoms with van der Waals surface area (Å²) in [6, 6.07) is 6.46. The van der Waals surface area contributed by atoms with Crippen LogP contribution in [0.1, 0.15) is 37.4 Å². The van der Waals surface area contributed by atoms with Crippen molar-refractivity contribution in [2.75, 3.05) is 21.3 Å². The lowest BCUT2D eigenvalue weighted by Gasteiger charge is -2.21. The van der Waals surface area contributed by atoms with Crippen LogP contribution in [0.2, 0.25) is 0 Å². The lowest BCUT2D eigenvalue weighted by molar-refractivity contribution is 0.0976. The number of hydrogen-bond donors (Lipinski definition) is 0. The molecule has 0 heterocycles. The summed E-state index contributed by atoms with van der Waals surface area (Å²) in [7, 11) is 4.49. The predicted octanol–water partition coefficient (Wildman–Crippen LogP) is 2.80. The first-order valence-electron chi connectivity index (χ1n) is 7.05. The Bertz CT molecular complexity index is 836. The van der Waals surface area contributed by atoms with E-state index in [0.717, 1.165) is 5.56 Å². The molecule has 0 bridgehead atoms. The van der Waals surface area contributed by atoms with E-state index in [0.29, 0.717) is 33.9 Å². The fourth-order valence-corrected chi connectivity index (χ4v) is 2.85. The molecular formula is C18H16O5. The summed E-state index contributed by atoms with van der Waals surface area (Å²) in [6.07, 6.45) is 0. The van der Waals surface area contributed by atoms with Crippen molar-refractivity contribution in [3.8, 4) is 17.2 Å². The van der Waals surface area contributed by atoms with E-state index in [1.165, 1.54) is 21.3 Å². The number of carbonyl (C=O) groups excluding carboxylic acids is 2. The largest absolute Gasteiger partial charge is 0.497 e. The first kappa shape index (κ1) is 15.1. The van der Waals surface area contributed by atoms with E-state index >= 15 is 0 Å². The van der Waals surface area contributed by atoms with E-state index in [2.05, 4.69) is 0 Å². The van der Waals surface area contributed by atoms with Crippen LogP contribution in [0.15, 0.2) is 24.3 Å². The molecule has 1 aliphatic carbocycles. The van der Waals surface area contributed by atoms with Crippen LogP contribution in [-0.4, -0.2) is 32.9 Å². The zero-order valence-corrected chi connectivity index (χ0v) is 13.4. The maximum absolute atomic E-state index is 12.9. The van der Waals surface area contributed by atoms with Crippen molar-refractivity contribution in [3.63, 3.8) is 0 Å².